The van der Waals surface area contributed by atoms with Gasteiger partial charge in [-0.25, -0.2) is 4.98 Å². The first-order valence-electron chi connectivity index (χ1n) is 10.1. The molecule has 2 aromatic carbocycles. The Morgan fingerprint density at radius 2 is 1.73 bits per heavy atom. The molecule has 4 rings (SSSR count). The molecule has 1 amide bonds. The molecule has 0 aliphatic carbocycles. The van der Waals surface area contributed by atoms with E-state index in [1.165, 1.54) is 29.0 Å². The second-order valence-electron chi connectivity index (χ2n) is 8.35. The van der Waals surface area contributed by atoms with Crippen LogP contribution >= 0.6 is 34.3 Å². The van der Waals surface area contributed by atoms with Crippen LogP contribution in [0.15, 0.2) is 60.7 Å². The first kappa shape index (κ1) is 23.1. The standard InChI is InChI=1S/C24H20ClN3O3S2/c1-24(2,3)15-10-8-14(9-11-15)20-21(16-6-4-5-7-17(16)25)33-23(26-20)27-22(29)18-12-13-19(32-18)28(30)31/h4-13H,1-3H3,(H,26,27,29). The zero-order valence-electron chi connectivity index (χ0n) is 18.1. The monoisotopic (exact) mass is 497 g/mol. The summed E-state index contributed by atoms with van der Waals surface area (Å²) in [6.07, 6.45) is 0. The van der Waals surface area contributed by atoms with Crippen molar-refractivity contribution in [1.82, 2.24) is 4.98 Å². The van der Waals surface area contributed by atoms with E-state index in [2.05, 4.69) is 38.2 Å². The van der Waals surface area contributed by atoms with E-state index in [1.54, 1.807) is 0 Å². The van der Waals surface area contributed by atoms with Gasteiger partial charge in [-0.1, -0.05) is 97.5 Å². The summed E-state index contributed by atoms with van der Waals surface area (Å²) in [4.78, 5) is 28.9. The minimum Gasteiger partial charge on any atom is -0.297 e. The van der Waals surface area contributed by atoms with Gasteiger partial charge in [-0.2, -0.15) is 0 Å². The van der Waals surface area contributed by atoms with Crippen molar-refractivity contribution in [2.45, 2.75) is 26.2 Å². The molecule has 0 saturated carbocycles. The van der Waals surface area contributed by atoms with Gasteiger partial charge in [0.2, 0.25) is 0 Å². The van der Waals surface area contributed by atoms with Crippen LogP contribution in [0.2, 0.25) is 5.02 Å². The van der Waals surface area contributed by atoms with Crippen molar-refractivity contribution < 1.29 is 9.72 Å². The summed E-state index contributed by atoms with van der Waals surface area (Å²) in [5, 5.41) is 14.6. The molecule has 0 radical (unpaired) electrons. The molecule has 0 aliphatic heterocycles. The van der Waals surface area contributed by atoms with Crippen molar-refractivity contribution in [2.75, 3.05) is 5.32 Å². The number of benzene rings is 2. The Balaban J connectivity index is 1.73. The molecule has 0 aliphatic rings. The fourth-order valence-electron chi connectivity index (χ4n) is 3.23. The number of nitrogens with one attached hydrogen (secondary N) is 1. The average molecular weight is 498 g/mol. The van der Waals surface area contributed by atoms with Crippen LogP contribution in [-0.4, -0.2) is 15.8 Å². The zero-order chi connectivity index (χ0) is 23.8. The summed E-state index contributed by atoms with van der Waals surface area (Å²) in [5.41, 5.74) is 3.66. The SMILES string of the molecule is CC(C)(C)c1ccc(-c2nc(NC(=O)c3ccc([N+](=O)[O-])s3)sc2-c2ccccc2Cl)cc1. The number of aromatic nitrogens is 1. The molecular formula is C24H20ClN3O3S2. The van der Waals surface area contributed by atoms with Crippen LogP contribution in [0.4, 0.5) is 10.1 Å². The predicted octanol–water partition coefficient (Wildman–Crippen LogP) is 7.65. The Kier molecular flexibility index (Phi) is 6.34. The zero-order valence-corrected chi connectivity index (χ0v) is 20.5. The maximum absolute atomic E-state index is 12.7. The minimum atomic E-state index is -0.514. The van der Waals surface area contributed by atoms with Gasteiger partial charge in [0.05, 0.1) is 20.4 Å². The van der Waals surface area contributed by atoms with Gasteiger partial charge in [-0.05, 0) is 23.1 Å². The van der Waals surface area contributed by atoms with Crippen molar-refractivity contribution in [3.63, 3.8) is 0 Å². The van der Waals surface area contributed by atoms with E-state index in [0.29, 0.717) is 15.8 Å². The smallest absolute Gasteiger partial charge is 0.297 e. The number of anilines is 1. The fourth-order valence-corrected chi connectivity index (χ4v) is 5.26. The second kappa shape index (κ2) is 9.05. The van der Waals surface area contributed by atoms with E-state index in [1.807, 2.05) is 36.4 Å². The lowest BCUT2D eigenvalue weighted by atomic mass is 9.86. The number of nitrogens with zero attached hydrogens (tertiary/aromatic N) is 2. The third kappa shape index (κ3) is 4.98. The number of halogens is 1. The molecule has 2 heterocycles. The highest BCUT2D eigenvalue weighted by Gasteiger charge is 2.21. The van der Waals surface area contributed by atoms with Crippen LogP contribution in [-0.2, 0) is 5.41 Å². The van der Waals surface area contributed by atoms with Crippen molar-refractivity contribution in [2.24, 2.45) is 0 Å². The molecule has 0 spiro atoms. The summed E-state index contributed by atoms with van der Waals surface area (Å²) in [6, 6.07) is 18.4. The minimum absolute atomic E-state index is 0.0224. The number of rotatable bonds is 5. The van der Waals surface area contributed by atoms with Gasteiger partial charge >= 0.3 is 5.00 Å². The summed E-state index contributed by atoms with van der Waals surface area (Å²) in [7, 11) is 0. The van der Waals surface area contributed by atoms with Gasteiger partial charge in [0.1, 0.15) is 0 Å². The van der Waals surface area contributed by atoms with Crippen LogP contribution < -0.4 is 5.32 Å². The number of thiazole rings is 1. The summed E-state index contributed by atoms with van der Waals surface area (Å²) in [6.45, 7) is 6.47. The number of hydrogen-bond acceptors (Lipinski definition) is 6. The van der Waals surface area contributed by atoms with Crippen LogP contribution in [0.5, 0.6) is 0 Å². The first-order valence-corrected chi connectivity index (χ1v) is 12.1. The second-order valence-corrected chi connectivity index (χ2v) is 10.8. The lowest BCUT2D eigenvalue weighted by Crippen LogP contribution is -2.10. The normalized spacial score (nSPS) is 11.4. The largest absolute Gasteiger partial charge is 0.324 e. The molecule has 33 heavy (non-hydrogen) atoms. The number of carbonyl (C=O) groups excluding carboxylic acids is 1. The molecule has 4 aromatic rings. The van der Waals surface area contributed by atoms with Crippen molar-refractivity contribution in [3.05, 3.63) is 86.2 Å². The lowest BCUT2D eigenvalue weighted by Gasteiger charge is -2.19. The summed E-state index contributed by atoms with van der Waals surface area (Å²) < 4.78 is 0. The van der Waals surface area contributed by atoms with Crippen molar-refractivity contribution in [3.8, 4) is 21.7 Å². The van der Waals surface area contributed by atoms with E-state index in [-0.39, 0.29) is 15.3 Å². The van der Waals surface area contributed by atoms with Crippen LogP contribution in [0.1, 0.15) is 36.0 Å². The van der Waals surface area contributed by atoms with Gasteiger partial charge in [0.25, 0.3) is 5.91 Å². The number of hydrogen-bond donors (Lipinski definition) is 1. The van der Waals surface area contributed by atoms with E-state index in [9.17, 15) is 14.9 Å². The van der Waals surface area contributed by atoms with Crippen LogP contribution in [0.25, 0.3) is 21.7 Å². The molecular weight excluding hydrogens is 478 g/mol. The molecule has 0 fully saturated rings. The Hall–Kier alpha value is -3.07. The lowest BCUT2D eigenvalue weighted by molar-refractivity contribution is -0.380. The molecule has 0 unspecified atom stereocenters. The first-order chi connectivity index (χ1) is 15.6. The summed E-state index contributed by atoms with van der Waals surface area (Å²) in [5.74, 6) is -0.442. The Bertz CT molecular complexity index is 1340. The van der Waals surface area contributed by atoms with Crippen molar-refractivity contribution in [1.29, 1.82) is 0 Å². The fraction of sp³-hybridized carbons (Fsp3) is 0.167. The third-order valence-electron chi connectivity index (χ3n) is 4.99. The number of carbonyl (C=O) groups is 1. The highest BCUT2D eigenvalue weighted by atomic mass is 35.5. The van der Waals surface area contributed by atoms with Gasteiger partial charge < -0.3 is 0 Å². The molecule has 9 heteroatoms. The van der Waals surface area contributed by atoms with Crippen LogP contribution in [0.3, 0.4) is 0 Å². The molecule has 0 atom stereocenters. The topological polar surface area (TPSA) is 85.1 Å². The highest BCUT2D eigenvalue weighted by Crippen LogP contribution is 2.42. The van der Waals surface area contributed by atoms with Gasteiger partial charge in [0, 0.05) is 22.2 Å². The van der Waals surface area contributed by atoms with E-state index >= 15 is 0 Å². The molecule has 1 N–H and O–H groups in total. The average Bonchev–Trinajstić information content (AvgIpc) is 3.41. The van der Waals surface area contributed by atoms with Gasteiger partial charge in [-0.15, -0.1) is 0 Å². The van der Waals surface area contributed by atoms with E-state index in [0.717, 1.165) is 27.3 Å². The number of amides is 1. The van der Waals surface area contributed by atoms with Crippen molar-refractivity contribution >= 4 is 50.3 Å². The van der Waals surface area contributed by atoms with E-state index < -0.39 is 10.8 Å². The Morgan fingerprint density at radius 3 is 2.33 bits per heavy atom. The number of thiophene rings is 1. The molecule has 0 bridgehead atoms. The maximum atomic E-state index is 12.7. The third-order valence-corrected chi connectivity index (χ3v) is 7.36. The van der Waals surface area contributed by atoms with Crippen LogP contribution in [0, 0.1) is 10.1 Å². The predicted molar refractivity (Wildman–Crippen MR) is 136 cm³/mol. The number of nitro groups is 1. The Morgan fingerprint density at radius 1 is 1.03 bits per heavy atom. The van der Waals surface area contributed by atoms with Gasteiger partial charge in [0.15, 0.2) is 5.13 Å². The van der Waals surface area contributed by atoms with Gasteiger partial charge in [-0.3, -0.25) is 20.2 Å². The molecule has 2 aromatic heterocycles. The Labute approximate surface area is 204 Å². The molecule has 0 saturated heterocycles. The quantitative estimate of drug-likeness (QED) is 0.226. The molecule has 6 nitrogen and oxygen atoms in total. The maximum Gasteiger partial charge on any atom is 0.324 e. The molecule has 168 valence electrons. The summed E-state index contributed by atoms with van der Waals surface area (Å²) >= 11 is 8.61. The highest BCUT2D eigenvalue weighted by molar-refractivity contribution is 7.20. The van der Waals surface area contributed by atoms with E-state index in [4.69, 9.17) is 16.6 Å².